The van der Waals surface area contributed by atoms with E-state index < -0.39 is 11.5 Å². The number of piperazine rings is 1. The van der Waals surface area contributed by atoms with E-state index in [1.165, 1.54) is 0 Å². The summed E-state index contributed by atoms with van der Waals surface area (Å²) in [7, 11) is 2.09. The number of carboxylic acid groups (broad SMARTS) is 1. The van der Waals surface area contributed by atoms with Gasteiger partial charge in [-0.1, -0.05) is 20.8 Å². The van der Waals surface area contributed by atoms with E-state index in [9.17, 15) is 9.90 Å². The minimum absolute atomic E-state index is 0.184. The van der Waals surface area contributed by atoms with Gasteiger partial charge in [-0.05, 0) is 32.2 Å². The molecule has 1 heterocycles. The summed E-state index contributed by atoms with van der Waals surface area (Å²) in [6, 6.07) is 0. The van der Waals surface area contributed by atoms with E-state index in [1.54, 1.807) is 0 Å². The lowest BCUT2D eigenvalue weighted by molar-refractivity contribution is -0.152. The molecule has 0 aromatic heterocycles. The summed E-state index contributed by atoms with van der Waals surface area (Å²) < 4.78 is 0. The molecule has 0 bridgehead atoms. The van der Waals surface area contributed by atoms with Gasteiger partial charge >= 0.3 is 5.97 Å². The Hall–Kier alpha value is -0.610. The van der Waals surface area contributed by atoms with Crippen LogP contribution in [-0.4, -0.2) is 59.6 Å². The number of carboxylic acids is 1. The summed E-state index contributed by atoms with van der Waals surface area (Å²) in [5, 5.41) is 9.59. The fraction of sp³-hybridized carbons (Fsp3) is 0.929. The minimum Gasteiger partial charge on any atom is -0.480 e. The molecule has 1 fully saturated rings. The van der Waals surface area contributed by atoms with Gasteiger partial charge in [0.05, 0.1) is 0 Å². The molecule has 0 aromatic rings. The summed E-state index contributed by atoms with van der Waals surface area (Å²) in [5.74, 6) is -0.684. The zero-order valence-corrected chi connectivity index (χ0v) is 12.5. The van der Waals surface area contributed by atoms with E-state index in [4.69, 9.17) is 0 Å². The van der Waals surface area contributed by atoms with Crippen LogP contribution in [0.25, 0.3) is 0 Å². The molecule has 4 nitrogen and oxygen atoms in total. The van der Waals surface area contributed by atoms with Crippen molar-refractivity contribution in [2.45, 2.75) is 46.1 Å². The number of rotatable bonds is 4. The number of nitrogens with zero attached hydrogens (tertiary/aromatic N) is 2. The predicted octanol–water partition coefficient (Wildman–Crippen LogP) is 1.90. The van der Waals surface area contributed by atoms with E-state index >= 15 is 0 Å². The lowest BCUT2D eigenvalue weighted by atomic mass is 9.83. The topological polar surface area (TPSA) is 43.8 Å². The molecule has 0 radical (unpaired) electrons. The highest BCUT2D eigenvalue weighted by atomic mass is 16.4. The van der Waals surface area contributed by atoms with Gasteiger partial charge in [-0.2, -0.15) is 0 Å². The molecule has 1 aliphatic rings. The Morgan fingerprint density at radius 3 is 1.94 bits per heavy atom. The molecule has 1 unspecified atom stereocenters. The summed E-state index contributed by atoms with van der Waals surface area (Å²) in [5.41, 5.74) is -0.530. The Morgan fingerprint density at radius 1 is 1.06 bits per heavy atom. The molecule has 1 aliphatic heterocycles. The van der Waals surface area contributed by atoms with Crippen molar-refractivity contribution in [3.63, 3.8) is 0 Å². The second-order valence-electron chi connectivity index (χ2n) is 6.93. The van der Waals surface area contributed by atoms with Crippen LogP contribution in [0.3, 0.4) is 0 Å². The molecule has 1 atom stereocenters. The largest absolute Gasteiger partial charge is 0.480 e. The maximum absolute atomic E-state index is 11.7. The first kappa shape index (κ1) is 15.4. The predicted molar refractivity (Wildman–Crippen MR) is 73.8 cm³/mol. The Balaban J connectivity index is 2.71. The van der Waals surface area contributed by atoms with Crippen LogP contribution in [0, 0.1) is 5.41 Å². The Labute approximate surface area is 111 Å². The molecule has 4 heteroatoms. The molecule has 0 amide bonds. The molecule has 1 rings (SSSR count). The summed E-state index contributed by atoms with van der Waals surface area (Å²) in [4.78, 5) is 16.1. The fourth-order valence-corrected chi connectivity index (χ4v) is 2.32. The summed E-state index contributed by atoms with van der Waals surface area (Å²) in [6.07, 6.45) is 1.65. The number of likely N-dealkylation sites (N-methyl/N-ethyl adjacent to an activating group) is 1. The number of aliphatic carboxylic acids is 1. The van der Waals surface area contributed by atoms with Crippen LogP contribution in [0.15, 0.2) is 0 Å². The SMILES string of the molecule is CN1CCN(C(C)(CCC(C)(C)C)C(=O)O)CC1. The van der Waals surface area contributed by atoms with Crippen LogP contribution in [0.5, 0.6) is 0 Å². The average molecular weight is 256 g/mol. The van der Waals surface area contributed by atoms with Crippen LogP contribution in [0.4, 0.5) is 0 Å². The molecular formula is C14H28N2O2. The van der Waals surface area contributed by atoms with Crippen molar-refractivity contribution in [3.8, 4) is 0 Å². The second-order valence-corrected chi connectivity index (χ2v) is 6.93. The third-order valence-electron chi connectivity index (χ3n) is 4.02. The van der Waals surface area contributed by atoms with Gasteiger partial charge in [0.1, 0.15) is 5.54 Å². The van der Waals surface area contributed by atoms with E-state index in [2.05, 4.69) is 37.6 Å². The third-order valence-corrected chi connectivity index (χ3v) is 4.02. The van der Waals surface area contributed by atoms with Crippen LogP contribution in [0.2, 0.25) is 0 Å². The van der Waals surface area contributed by atoms with Crippen LogP contribution < -0.4 is 0 Å². The first-order chi connectivity index (χ1) is 8.15. The molecular weight excluding hydrogens is 228 g/mol. The van der Waals surface area contributed by atoms with Crippen molar-refractivity contribution < 1.29 is 9.90 Å². The van der Waals surface area contributed by atoms with Crippen molar-refractivity contribution in [2.24, 2.45) is 5.41 Å². The van der Waals surface area contributed by atoms with Crippen LogP contribution >= 0.6 is 0 Å². The van der Waals surface area contributed by atoms with E-state index in [0.717, 1.165) is 39.0 Å². The molecule has 1 N–H and O–H groups in total. The first-order valence-electron chi connectivity index (χ1n) is 6.82. The quantitative estimate of drug-likeness (QED) is 0.834. The summed E-state index contributed by atoms with van der Waals surface area (Å²) >= 11 is 0. The maximum Gasteiger partial charge on any atom is 0.323 e. The normalized spacial score (nSPS) is 22.7. The van der Waals surface area contributed by atoms with Crippen molar-refractivity contribution in [1.29, 1.82) is 0 Å². The molecule has 0 spiro atoms. The van der Waals surface area contributed by atoms with Crippen LogP contribution in [0.1, 0.15) is 40.5 Å². The van der Waals surface area contributed by atoms with Gasteiger partial charge in [-0.25, -0.2) is 0 Å². The Morgan fingerprint density at radius 2 is 1.56 bits per heavy atom. The van der Waals surface area contributed by atoms with Gasteiger partial charge in [-0.3, -0.25) is 9.69 Å². The maximum atomic E-state index is 11.7. The van der Waals surface area contributed by atoms with Crippen molar-refractivity contribution in [3.05, 3.63) is 0 Å². The first-order valence-corrected chi connectivity index (χ1v) is 6.82. The Kier molecular flexibility index (Phi) is 4.78. The standard InChI is InChI=1S/C14H28N2O2/c1-13(2,3)6-7-14(4,12(17)18)16-10-8-15(5)9-11-16/h6-11H2,1-5H3,(H,17,18). The molecule has 18 heavy (non-hydrogen) atoms. The average Bonchev–Trinajstić information content (AvgIpc) is 2.25. The highest BCUT2D eigenvalue weighted by Crippen LogP contribution is 2.30. The molecule has 106 valence electrons. The highest BCUT2D eigenvalue weighted by Gasteiger charge is 2.40. The second kappa shape index (κ2) is 5.57. The van der Waals surface area contributed by atoms with Gasteiger partial charge in [0.25, 0.3) is 0 Å². The van der Waals surface area contributed by atoms with Crippen molar-refractivity contribution in [1.82, 2.24) is 9.80 Å². The fourth-order valence-electron chi connectivity index (χ4n) is 2.32. The van der Waals surface area contributed by atoms with Crippen molar-refractivity contribution in [2.75, 3.05) is 33.2 Å². The molecule has 1 saturated heterocycles. The van der Waals surface area contributed by atoms with Gasteiger partial charge in [-0.15, -0.1) is 0 Å². The van der Waals surface area contributed by atoms with E-state index in [0.29, 0.717) is 0 Å². The van der Waals surface area contributed by atoms with Crippen molar-refractivity contribution >= 4 is 5.97 Å². The number of hydrogen-bond acceptors (Lipinski definition) is 3. The van der Waals surface area contributed by atoms with E-state index in [-0.39, 0.29) is 5.41 Å². The van der Waals surface area contributed by atoms with Gasteiger partial charge in [0.15, 0.2) is 0 Å². The monoisotopic (exact) mass is 256 g/mol. The van der Waals surface area contributed by atoms with Gasteiger partial charge in [0, 0.05) is 26.2 Å². The number of hydrogen-bond donors (Lipinski definition) is 1. The molecule has 0 aromatic carbocycles. The smallest absolute Gasteiger partial charge is 0.323 e. The van der Waals surface area contributed by atoms with Gasteiger partial charge in [0.2, 0.25) is 0 Å². The lowest BCUT2D eigenvalue weighted by Gasteiger charge is -2.43. The minimum atomic E-state index is -0.714. The highest BCUT2D eigenvalue weighted by molar-refractivity contribution is 5.78. The zero-order chi connectivity index (χ0) is 14.0. The molecule has 0 aliphatic carbocycles. The van der Waals surface area contributed by atoms with E-state index in [1.807, 2.05) is 6.92 Å². The third kappa shape index (κ3) is 3.95. The summed E-state index contributed by atoms with van der Waals surface area (Å²) in [6.45, 7) is 12.0. The Bertz CT molecular complexity index is 291. The van der Waals surface area contributed by atoms with Gasteiger partial charge < -0.3 is 10.0 Å². The zero-order valence-electron chi connectivity index (χ0n) is 12.5. The lowest BCUT2D eigenvalue weighted by Crippen LogP contribution is -2.59. The molecule has 0 saturated carbocycles. The number of carbonyl (C=O) groups is 1. The van der Waals surface area contributed by atoms with Crippen LogP contribution in [-0.2, 0) is 4.79 Å².